The van der Waals surface area contributed by atoms with E-state index in [-0.39, 0.29) is 17.5 Å². The SMILES string of the molecule is COc1cc(C=NN=C2NC(=O)C(CC(=O)O)S2)ccc1OCCNC(C)=O. The van der Waals surface area contributed by atoms with Gasteiger partial charge >= 0.3 is 5.97 Å². The van der Waals surface area contributed by atoms with Gasteiger partial charge in [-0.05, 0) is 23.8 Å². The summed E-state index contributed by atoms with van der Waals surface area (Å²) in [5.74, 6) is -0.571. The van der Waals surface area contributed by atoms with Gasteiger partial charge in [-0.15, -0.1) is 5.10 Å². The molecule has 2 rings (SSSR count). The minimum Gasteiger partial charge on any atom is -0.493 e. The second-order valence-corrected chi connectivity index (χ2v) is 6.78. The summed E-state index contributed by atoms with van der Waals surface area (Å²) in [5, 5.41) is 21.2. The molecular formula is C17H20N4O6S. The van der Waals surface area contributed by atoms with Crippen LogP contribution < -0.4 is 20.1 Å². The van der Waals surface area contributed by atoms with Crippen LogP contribution in [0.2, 0.25) is 0 Å². The van der Waals surface area contributed by atoms with Crippen LogP contribution in [0.3, 0.4) is 0 Å². The molecule has 1 unspecified atom stereocenters. The van der Waals surface area contributed by atoms with Crippen LogP contribution in [0.25, 0.3) is 0 Å². The second kappa shape index (κ2) is 10.3. The van der Waals surface area contributed by atoms with E-state index in [0.29, 0.717) is 30.2 Å². The Morgan fingerprint density at radius 3 is 2.86 bits per heavy atom. The van der Waals surface area contributed by atoms with E-state index in [0.717, 1.165) is 11.8 Å². The van der Waals surface area contributed by atoms with Crippen molar-refractivity contribution in [3.05, 3.63) is 23.8 Å². The zero-order chi connectivity index (χ0) is 20.5. The highest BCUT2D eigenvalue weighted by molar-refractivity contribution is 8.15. The molecular weight excluding hydrogens is 388 g/mol. The van der Waals surface area contributed by atoms with Gasteiger partial charge in [0.1, 0.15) is 11.9 Å². The molecule has 0 aliphatic carbocycles. The number of nitrogens with one attached hydrogen (secondary N) is 2. The Kier molecular flexibility index (Phi) is 7.81. The zero-order valence-corrected chi connectivity index (χ0v) is 16.1. The highest BCUT2D eigenvalue weighted by atomic mass is 32.2. The molecule has 0 bridgehead atoms. The summed E-state index contributed by atoms with van der Waals surface area (Å²) in [4.78, 5) is 33.2. The smallest absolute Gasteiger partial charge is 0.305 e. The molecule has 1 aromatic rings. The number of benzene rings is 1. The molecule has 1 atom stereocenters. The molecule has 28 heavy (non-hydrogen) atoms. The van der Waals surface area contributed by atoms with Crippen LogP contribution in [0.4, 0.5) is 0 Å². The Labute approximate surface area is 165 Å². The minimum absolute atomic E-state index is 0.130. The van der Waals surface area contributed by atoms with Crippen molar-refractivity contribution < 1.29 is 29.0 Å². The summed E-state index contributed by atoms with van der Waals surface area (Å²) in [5.41, 5.74) is 0.687. The van der Waals surface area contributed by atoms with Gasteiger partial charge in [0.15, 0.2) is 16.7 Å². The molecule has 11 heteroatoms. The number of hydrogen-bond acceptors (Lipinski definition) is 8. The van der Waals surface area contributed by atoms with Crippen molar-refractivity contribution in [2.24, 2.45) is 10.2 Å². The fourth-order valence-corrected chi connectivity index (χ4v) is 3.08. The number of amides is 2. The van der Waals surface area contributed by atoms with Gasteiger partial charge in [0.05, 0.1) is 26.3 Å². The van der Waals surface area contributed by atoms with E-state index in [2.05, 4.69) is 20.8 Å². The third-order valence-electron chi connectivity index (χ3n) is 3.41. The molecule has 1 heterocycles. The van der Waals surface area contributed by atoms with Crippen LogP contribution in [0.15, 0.2) is 28.4 Å². The highest BCUT2D eigenvalue weighted by Gasteiger charge is 2.32. The summed E-state index contributed by atoms with van der Waals surface area (Å²) in [7, 11) is 1.50. The lowest BCUT2D eigenvalue weighted by Crippen LogP contribution is -2.26. The zero-order valence-electron chi connectivity index (χ0n) is 15.3. The van der Waals surface area contributed by atoms with Gasteiger partial charge in [0, 0.05) is 6.92 Å². The Bertz CT molecular complexity index is 811. The Balaban J connectivity index is 1.95. The number of amidine groups is 1. The molecule has 0 saturated carbocycles. The van der Waals surface area contributed by atoms with Gasteiger partial charge < -0.3 is 25.2 Å². The predicted octanol–water partition coefficient (Wildman–Crippen LogP) is 0.606. The molecule has 1 aromatic carbocycles. The van der Waals surface area contributed by atoms with Crippen molar-refractivity contribution in [2.75, 3.05) is 20.3 Å². The number of rotatable bonds is 9. The molecule has 0 spiro atoms. The molecule has 1 saturated heterocycles. The largest absolute Gasteiger partial charge is 0.493 e. The Hall–Kier alpha value is -3.08. The third-order valence-corrected chi connectivity index (χ3v) is 4.49. The number of thioether (sulfide) groups is 1. The lowest BCUT2D eigenvalue weighted by Gasteiger charge is -2.11. The van der Waals surface area contributed by atoms with Crippen molar-refractivity contribution in [1.29, 1.82) is 0 Å². The predicted molar refractivity (Wildman–Crippen MR) is 104 cm³/mol. The first-order valence-electron chi connectivity index (χ1n) is 8.24. The quantitative estimate of drug-likeness (QED) is 0.309. The van der Waals surface area contributed by atoms with E-state index in [9.17, 15) is 14.4 Å². The number of methoxy groups -OCH3 is 1. The fourth-order valence-electron chi connectivity index (χ4n) is 2.16. The average Bonchev–Trinajstić information content (AvgIpc) is 2.98. The molecule has 0 radical (unpaired) electrons. The third kappa shape index (κ3) is 6.58. The molecule has 0 aromatic heterocycles. The van der Waals surface area contributed by atoms with Crippen LogP contribution >= 0.6 is 11.8 Å². The summed E-state index contributed by atoms with van der Waals surface area (Å²) < 4.78 is 10.8. The second-order valence-electron chi connectivity index (χ2n) is 5.59. The number of carboxylic acid groups (broad SMARTS) is 1. The standard InChI is InChI=1S/C17H20N4O6S/c1-10(22)18-5-6-27-12-4-3-11(7-13(12)26-2)9-19-21-17-20-16(25)14(28-17)8-15(23)24/h3-4,7,9,14H,5-6,8H2,1-2H3,(H,18,22)(H,23,24)(H,20,21,25). The van der Waals surface area contributed by atoms with Crippen LogP contribution in [0.5, 0.6) is 11.5 Å². The number of ether oxygens (including phenoxy) is 2. The monoisotopic (exact) mass is 408 g/mol. The van der Waals surface area contributed by atoms with E-state index < -0.39 is 17.1 Å². The van der Waals surface area contributed by atoms with Crippen molar-refractivity contribution in [2.45, 2.75) is 18.6 Å². The number of carboxylic acids is 1. The number of carbonyl (C=O) groups excluding carboxylic acids is 2. The highest BCUT2D eigenvalue weighted by Crippen LogP contribution is 2.27. The molecule has 10 nitrogen and oxygen atoms in total. The normalized spacial score (nSPS) is 17.6. The summed E-state index contributed by atoms with van der Waals surface area (Å²) in [6.45, 7) is 2.11. The summed E-state index contributed by atoms with van der Waals surface area (Å²) in [6.07, 6.45) is 1.19. The van der Waals surface area contributed by atoms with Crippen LogP contribution in [0, 0.1) is 0 Å². The van der Waals surface area contributed by atoms with Crippen LogP contribution in [-0.4, -0.2) is 59.8 Å². The Morgan fingerprint density at radius 1 is 1.39 bits per heavy atom. The van der Waals surface area contributed by atoms with E-state index in [1.165, 1.54) is 20.2 Å². The van der Waals surface area contributed by atoms with Gasteiger partial charge in [0.25, 0.3) is 0 Å². The molecule has 150 valence electrons. The summed E-state index contributed by atoms with van der Waals surface area (Å²) >= 11 is 1.03. The first-order chi connectivity index (χ1) is 13.4. The van der Waals surface area contributed by atoms with Crippen molar-refractivity contribution in [1.82, 2.24) is 10.6 Å². The van der Waals surface area contributed by atoms with Crippen LogP contribution in [-0.2, 0) is 14.4 Å². The van der Waals surface area contributed by atoms with E-state index in [1.54, 1.807) is 18.2 Å². The molecule has 1 aliphatic heterocycles. The van der Waals surface area contributed by atoms with Gasteiger partial charge in [0.2, 0.25) is 11.8 Å². The first-order valence-corrected chi connectivity index (χ1v) is 9.12. The lowest BCUT2D eigenvalue weighted by molar-refractivity contribution is -0.138. The van der Waals surface area contributed by atoms with Crippen molar-refractivity contribution in [3.8, 4) is 11.5 Å². The van der Waals surface area contributed by atoms with E-state index >= 15 is 0 Å². The fraction of sp³-hybridized carbons (Fsp3) is 0.353. The van der Waals surface area contributed by atoms with Gasteiger partial charge in [-0.1, -0.05) is 11.8 Å². The Morgan fingerprint density at radius 2 is 2.18 bits per heavy atom. The molecule has 2 amide bonds. The number of hydrogen-bond donors (Lipinski definition) is 3. The minimum atomic E-state index is -1.05. The first kappa shape index (κ1) is 21.2. The van der Waals surface area contributed by atoms with Crippen LogP contribution in [0.1, 0.15) is 18.9 Å². The molecule has 3 N–H and O–H groups in total. The average molecular weight is 408 g/mol. The topological polar surface area (TPSA) is 139 Å². The summed E-state index contributed by atoms with van der Waals surface area (Å²) in [6, 6.07) is 5.15. The van der Waals surface area contributed by atoms with Gasteiger partial charge in [-0.3, -0.25) is 14.4 Å². The number of nitrogens with zero attached hydrogens (tertiary/aromatic N) is 2. The lowest BCUT2D eigenvalue weighted by atomic mass is 10.2. The maximum Gasteiger partial charge on any atom is 0.305 e. The molecule has 1 fully saturated rings. The molecule has 1 aliphatic rings. The van der Waals surface area contributed by atoms with Gasteiger partial charge in [-0.2, -0.15) is 5.10 Å². The van der Waals surface area contributed by atoms with Crippen molar-refractivity contribution in [3.63, 3.8) is 0 Å². The van der Waals surface area contributed by atoms with Gasteiger partial charge in [-0.25, -0.2) is 0 Å². The number of carbonyl (C=O) groups is 3. The van der Waals surface area contributed by atoms with E-state index in [4.69, 9.17) is 14.6 Å². The maximum absolute atomic E-state index is 11.6. The number of aliphatic carboxylic acids is 1. The van der Waals surface area contributed by atoms with Crippen molar-refractivity contribution >= 4 is 40.9 Å². The van der Waals surface area contributed by atoms with E-state index in [1.807, 2.05) is 0 Å². The maximum atomic E-state index is 11.6.